The van der Waals surface area contributed by atoms with Gasteiger partial charge in [0.2, 0.25) is 0 Å². The lowest BCUT2D eigenvalue weighted by Gasteiger charge is -2.27. The molecule has 0 saturated heterocycles. The Hall–Kier alpha value is -0.730. The van der Waals surface area contributed by atoms with Crippen LogP contribution < -0.4 is 4.90 Å². The van der Waals surface area contributed by atoms with Crippen LogP contribution in [0.3, 0.4) is 0 Å². The van der Waals surface area contributed by atoms with Crippen LogP contribution in [0, 0.1) is 0 Å². The molecule has 0 saturated carbocycles. The summed E-state index contributed by atoms with van der Waals surface area (Å²) in [6, 6.07) is 5.88. The van der Waals surface area contributed by atoms with Gasteiger partial charge in [-0.1, -0.05) is 11.6 Å². The van der Waals surface area contributed by atoms with E-state index in [0.29, 0.717) is 13.3 Å². The van der Waals surface area contributed by atoms with E-state index in [1.54, 1.807) is 0 Å². The van der Waals surface area contributed by atoms with Gasteiger partial charge in [-0.2, -0.15) is 0 Å². The first kappa shape index (κ1) is 7.90. The van der Waals surface area contributed by atoms with E-state index >= 15 is 0 Å². The second-order valence-corrected chi connectivity index (χ2v) is 3.38. The SMILES string of the molecule is CN1COCc2cc(Cl)ccc21. The van der Waals surface area contributed by atoms with E-state index in [0.717, 1.165) is 10.6 Å². The van der Waals surface area contributed by atoms with Crippen molar-refractivity contribution in [2.45, 2.75) is 6.61 Å². The van der Waals surface area contributed by atoms with Crippen molar-refractivity contribution < 1.29 is 4.74 Å². The van der Waals surface area contributed by atoms with Crippen LogP contribution in [0.2, 0.25) is 5.02 Å². The molecule has 1 aliphatic rings. The third-order valence-electron chi connectivity index (χ3n) is 2.00. The predicted molar refractivity (Wildman–Crippen MR) is 49.5 cm³/mol. The van der Waals surface area contributed by atoms with Crippen LogP contribution >= 0.6 is 11.6 Å². The summed E-state index contributed by atoms with van der Waals surface area (Å²) in [5.74, 6) is 0. The lowest BCUT2D eigenvalue weighted by atomic mass is 10.1. The molecule has 0 unspecified atom stereocenters. The van der Waals surface area contributed by atoms with E-state index in [2.05, 4.69) is 4.90 Å². The molecule has 0 N–H and O–H groups in total. The van der Waals surface area contributed by atoms with Gasteiger partial charge in [0.05, 0.1) is 6.61 Å². The largest absolute Gasteiger partial charge is 0.356 e. The molecule has 2 rings (SSSR count). The Balaban J connectivity index is 2.46. The van der Waals surface area contributed by atoms with Crippen LogP contribution in [0.1, 0.15) is 5.56 Å². The summed E-state index contributed by atoms with van der Waals surface area (Å²) in [5, 5.41) is 0.771. The molecular formula is C9H10ClNO. The average molecular weight is 184 g/mol. The normalized spacial score (nSPS) is 16.0. The fourth-order valence-corrected chi connectivity index (χ4v) is 1.60. The molecule has 12 heavy (non-hydrogen) atoms. The lowest BCUT2D eigenvalue weighted by molar-refractivity contribution is 0.113. The number of rotatable bonds is 0. The molecule has 0 aromatic heterocycles. The maximum Gasteiger partial charge on any atom is 0.119 e. The Morgan fingerprint density at radius 1 is 1.50 bits per heavy atom. The average Bonchev–Trinajstić information content (AvgIpc) is 2.04. The smallest absolute Gasteiger partial charge is 0.119 e. The Morgan fingerprint density at radius 2 is 2.33 bits per heavy atom. The highest BCUT2D eigenvalue weighted by Gasteiger charge is 2.13. The van der Waals surface area contributed by atoms with E-state index in [-0.39, 0.29) is 0 Å². The molecule has 1 aromatic carbocycles. The first-order valence-corrected chi connectivity index (χ1v) is 4.22. The summed E-state index contributed by atoms with van der Waals surface area (Å²) in [5.41, 5.74) is 2.38. The molecule has 1 aromatic rings. The highest BCUT2D eigenvalue weighted by molar-refractivity contribution is 6.30. The third-order valence-corrected chi connectivity index (χ3v) is 2.23. The molecule has 1 aliphatic heterocycles. The quantitative estimate of drug-likeness (QED) is 0.612. The summed E-state index contributed by atoms with van der Waals surface area (Å²) < 4.78 is 5.33. The number of fused-ring (bicyclic) bond motifs is 1. The summed E-state index contributed by atoms with van der Waals surface area (Å²) >= 11 is 5.85. The van der Waals surface area contributed by atoms with Gasteiger partial charge in [-0.05, 0) is 18.2 Å². The van der Waals surface area contributed by atoms with Crippen molar-refractivity contribution in [2.24, 2.45) is 0 Å². The fraction of sp³-hybridized carbons (Fsp3) is 0.333. The minimum atomic E-state index is 0.661. The van der Waals surface area contributed by atoms with Crippen LogP contribution in [-0.4, -0.2) is 13.8 Å². The monoisotopic (exact) mass is 183 g/mol. The molecule has 64 valence electrons. The summed E-state index contributed by atoms with van der Waals surface area (Å²) in [4.78, 5) is 2.06. The fourth-order valence-electron chi connectivity index (χ4n) is 1.40. The van der Waals surface area contributed by atoms with E-state index in [9.17, 15) is 0 Å². The number of halogens is 1. The minimum Gasteiger partial charge on any atom is -0.356 e. The van der Waals surface area contributed by atoms with Crippen molar-refractivity contribution in [1.82, 2.24) is 0 Å². The molecule has 0 aliphatic carbocycles. The Morgan fingerprint density at radius 3 is 3.17 bits per heavy atom. The van der Waals surface area contributed by atoms with Gasteiger partial charge in [0.15, 0.2) is 0 Å². The molecular weight excluding hydrogens is 174 g/mol. The molecule has 3 heteroatoms. The van der Waals surface area contributed by atoms with Gasteiger partial charge in [0, 0.05) is 23.3 Å². The van der Waals surface area contributed by atoms with Crippen molar-refractivity contribution in [3.8, 4) is 0 Å². The van der Waals surface area contributed by atoms with Gasteiger partial charge in [0.25, 0.3) is 0 Å². The van der Waals surface area contributed by atoms with Gasteiger partial charge in [-0.25, -0.2) is 0 Å². The second kappa shape index (κ2) is 2.96. The van der Waals surface area contributed by atoms with Crippen molar-refractivity contribution >= 4 is 17.3 Å². The van der Waals surface area contributed by atoms with Gasteiger partial charge in [-0.15, -0.1) is 0 Å². The number of ether oxygens (including phenoxy) is 1. The molecule has 0 atom stereocenters. The molecule has 2 nitrogen and oxygen atoms in total. The van der Waals surface area contributed by atoms with Crippen molar-refractivity contribution in [1.29, 1.82) is 0 Å². The molecule has 1 heterocycles. The van der Waals surface area contributed by atoms with Crippen molar-refractivity contribution in [3.05, 3.63) is 28.8 Å². The number of hydrogen-bond acceptors (Lipinski definition) is 2. The summed E-state index contributed by atoms with van der Waals surface area (Å²) in [6.07, 6.45) is 0. The predicted octanol–water partition coefficient (Wildman–Crippen LogP) is 2.26. The van der Waals surface area contributed by atoms with Crippen LogP contribution in [-0.2, 0) is 11.3 Å². The Kier molecular flexibility index (Phi) is 1.95. The van der Waals surface area contributed by atoms with Crippen LogP contribution in [0.15, 0.2) is 18.2 Å². The van der Waals surface area contributed by atoms with Crippen LogP contribution in [0.5, 0.6) is 0 Å². The standard InChI is InChI=1S/C9H10ClNO/c1-11-6-12-5-7-4-8(10)2-3-9(7)11/h2-4H,5-6H2,1H3. The zero-order chi connectivity index (χ0) is 8.55. The third kappa shape index (κ3) is 1.28. The van der Waals surface area contributed by atoms with Gasteiger partial charge in [-0.3, -0.25) is 0 Å². The topological polar surface area (TPSA) is 12.5 Å². The molecule has 0 fully saturated rings. The highest BCUT2D eigenvalue weighted by Crippen LogP contribution is 2.27. The van der Waals surface area contributed by atoms with Crippen molar-refractivity contribution in [3.63, 3.8) is 0 Å². The Bertz CT molecular complexity index is 301. The van der Waals surface area contributed by atoms with E-state index in [1.807, 2.05) is 25.2 Å². The zero-order valence-electron chi connectivity index (χ0n) is 6.88. The summed E-state index contributed by atoms with van der Waals surface area (Å²) in [6.45, 7) is 1.33. The zero-order valence-corrected chi connectivity index (χ0v) is 7.64. The number of benzene rings is 1. The minimum absolute atomic E-state index is 0.661. The molecule has 0 bridgehead atoms. The van der Waals surface area contributed by atoms with E-state index in [1.165, 1.54) is 5.69 Å². The first-order valence-electron chi connectivity index (χ1n) is 3.84. The van der Waals surface area contributed by atoms with E-state index in [4.69, 9.17) is 16.3 Å². The highest BCUT2D eigenvalue weighted by atomic mass is 35.5. The number of hydrogen-bond donors (Lipinski definition) is 0. The maximum absolute atomic E-state index is 5.85. The van der Waals surface area contributed by atoms with Crippen molar-refractivity contribution in [2.75, 3.05) is 18.7 Å². The first-order chi connectivity index (χ1) is 5.77. The maximum atomic E-state index is 5.85. The lowest BCUT2D eigenvalue weighted by Crippen LogP contribution is -2.26. The van der Waals surface area contributed by atoms with E-state index < -0.39 is 0 Å². The molecule has 0 spiro atoms. The second-order valence-electron chi connectivity index (χ2n) is 2.95. The molecule has 0 amide bonds. The van der Waals surface area contributed by atoms with Gasteiger partial charge in [0.1, 0.15) is 6.73 Å². The summed E-state index contributed by atoms with van der Waals surface area (Å²) in [7, 11) is 2.01. The number of nitrogens with zero attached hydrogens (tertiary/aromatic N) is 1. The van der Waals surface area contributed by atoms with Crippen LogP contribution in [0.4, 0.5) is 5.69 Å². The van der Waals surface area contributed by atoms with Gasteiger partial charge < -0.3 is 9.64 Å². The van der Waals surface area contributed by atoms with Crippen LogP contribution in [0.25, 0.3) is 0 Å². The number of anilines is 1. The van der Waals surface area contributed by atoms with Gasteiger partial charge >= 0.3 is 0 Å². The Labute approximate surface area is 76.7 Å². The molecule has 0 radical (unpaired) electrons.